The molecule has 0 aliphatic heterocycles. The lowest BCUT2D eigenvalue weighted by Crippen LogP contribution is -1.90. The van der Waals surface area contributed by atoms with Gasteiger partial charge >= 0.3 is 0 Å². The average Bonchev–Trinajstić information content (AvgIpc) is 3.21. The molecule has 2 aromatic heterocycles. The SMILES string of the molecule is Cn1c2ccccc2c2cc(Cc3ccc4c(c3)c3ccccc3n4C)ccc21. The number of hydrogen-bond donors (Lipinski definition) is 0. The third-order valence-electron chi connectivity index (χ3n) is 6.36. The minimum absolute atomic E-state index is 0.943. The Morgan fingerprint density at radius 3 is 1.38 bits per heavy atom. The number of benzene rings is 4. The molecule has 0 fully saturated rings. The largest absolute Gasteiger partial charge is 0.344 e. The molecule has 2 nitrogen and oxygen atoms in total. The quantitative estimate of drug-likeness (QED) is 0.324. The Morgan fingerprint density at radius 2 is 0.897 bits per heavy atom. The molecule has 0 unspecified atom stereocenters. The van der Waals surface area contributed by atoms with E-state index in [4.69, 9.17) is 0 Å². The zero-order valence-corrected chi connectivity index (χ0v) is 16.7. The zero-order valence-electron chi connectivity index (χ0n) is 16.7. The molecule has 0 saturated carbocycles. The van der Waals surface area contributed by atoms with Crippen molar-refractivity contribution in [2.45, 2.75) is 6.42 Å². The Morgan fingerprint density at radius 1 is 0.483 bits per heavy atom. The van der Waals surface area contributed by atoms with E-state index in [9.17, 15) is 0 Å². The van der Waals surface area contributed by atoms with Crippen LogP contribution in [0.2, 0.25) is 0 Å². The van der Waals surface area contributed by atoms with Crippen LogP contribution in [0.15, 0.2) is 84.9 Å². The third kappa shape index (κ3) is 2.35. The summed E-state index contributed by atoms with van der Waals surface area (Å²) in [5.41, 5.74) is 7.87. The summed E-state index contributed by atoms with van der Waals surface area (Å²) in [6.45, 7) is 0. The lowest BCUT2D eigenvalue weighted by molar-refractivity contribution is 1.01. The Labute approximate surface area is 169 Å². The summed E-state index contributed by atoms with van der Waals surface area (Å²) >= 11 is 0. The highest BCUT2D eigenvalue weighted by molar-refractivity contribution is 6.09. The molecule has 6 rings (SSSR count). The van der Waals surface area contributed by atoms with E-state index in [2.05, 4.69) is 108 Å². The molecule has 0 N–H and O–H groups in total. The van der Waals surface area contributed by atoms with Gasteiger partial charge in [-0.3, -0.25) is 0 Å². The maximum atomic E-state index is 2.37. The van der Waals surface area contributed by atoms with Crippen LogP contribution in [0.25, 0.3) is 43.6 Å². The lowest BCUT2D eigenvalue weighted by Gasteiger charge is -2.05. The molecular weight excluding hydrogens is 352 g/mol. The van der Waals surface area contributed by atoms with Crippen LogP contribution in [0.1, 0.15) is 11.1 Å². The summed E-state index contributed by atoms with van der Waals surface area (Å²) in [6.07, 6.45) is 0.943. The zero-order chi connectivity index (χ0) is 19.5. The van der Waals surface area contributed by atoms with Crippen molar-refractivity contribution in [1.29, 1.82) is 0 Å². The third-order valence-corrected chi connectivity index (χ3v) is 6.36. The van der Waals surface area contributed by atoms with E-state index in [1.165, 1.54) is 54.7 Å². The number of fused-ring (bicyclic) bond motifs is 6. The highest BCUT2D eigenvalue weighted by Gasteiger charge is 2.11. The van der Waals surface area contributed by atoms with Crippen LogP contribution in [-0.4, -0.2) is 9.13 Å². The number of aromatic nitrogens is 2. The molecule has 4 aromatic carbocycles. The van der Waals surface area contributed by atoms with Crippen molar-refractivity contribution in [1.82, 2.24) is 9.13 Å². The lowest BCUT2D eigenvalue weighted by atomic mass is 10.0. The van der Waals surface area contributed by atoms with Crippen molar-refractivity contribution in [3.8, 4) is 0 Å². The van der Waals surface area contributed by atoms with Gasteiger partial charge in [0.2, 0.25) is 0 Å². The molecule has 2 heterocycles. The van der Waals surface area contributed by atoms with E-state index < -0.39 is 0 Å². The van der Waals surface area contributed by atoms with E-state index in [0.717, 1.165) is 6.42 Å². The molecule has 0 spiro atoms. The molecular formula is C27H22N2. The molecule has 0 amide bonds. The molecule has 0 atom stereocenters. The van der Waals surface area contributed by atoms with Gasteiger partial charge in [-0.15, -0.1) is 0 Å². The first-order valence-corrected chi connectivity index (χ1v) is 10.1. The average molecular weight is 374 g/mol. The summed E-state index contributed by atoms with van der Waals surface area (Å²) in [5, 5.41) is 5.34. The van der Waals surface area contributed by atoms with Crippen molar-refractivity contribution in [2.24, 2.45) is 14.1 Å². The van der Waals surface area contributed by atoms with Crippen molar-refractivity contribution >= 4 is 43.6 Å². The van der Waals surface area contributed by atoms with Crippen LogP contribution in [0.5, 0.6) is 0 Å². The Balaban J connectivity index is 1.48. The maximum Gasteiger partial charge on any atom is 0.0488 e. The Kier molecular flexibility index (Phi) is 3.39. The van der Waals surface area contributed by atoms with Gasteiger partial charge in [0.05, 0.1) is 0 Å². The molecule has 0 bridgehead atoms. The van der Waals surface area contributed by atoms with Crippen LogP contribution in [0, 0.1) is 0 Å². The molecule has 0 aliphatic rings. The first kappa shape index (κ1) is 16.4. The molecule has 140 valence electrons. The van der Waals surface area contributed by atoms with Crippen LogP contribution in [0.3, 0.4) is 0 Å². The first-order valence-electron chi connectivity index (χ1n) is 10.1. The standard InChI is InChI=1S/C27H22N2/c1-28-24-9-5-3-7-20(24)22-16-18(11-13-26(22)28)15-19-12-14-27-23(17-19)21-8-4-6-10-25(21)29(27)2/h3-14,16-17H,15H2,1-2H3. The maximum absolute atomic E-state index is 2.37. The first-order chi connectivity index (χ1) is 14.2. The van der Waals surface area contributed by atoms with Crippen molar-refractivity contribution in [3.63, 3.8) is 0 Å². The molecule has 6 aromatic rings. The van der Waals surface area contributed by atoms with Crippen molar-refractivity contribution in [3.05, 3.63) is 96.1 Å². The fraction of sp³-hybridized carbons (Fsp3) is 0.111. The number of hydrogen-bond acceptors (Lipinski definition) is 0. The predicted octanol–water partition coefficient (Wildman–Crippen LogP) is 6.57. The minimum atomic E-state index is 0.943. The second-order valence-electron chi connectivity index (χ2n) is 8.03. The summed E-state index contributed by atoms with van der Waals surface area (Å²) in [6, 6.07) is 31.1. The van der Waals surface area contributed by atoms with Gasteiger partial charge in [-0.05, 0) is 53.9 Å². The van der Waals surface area contributed by atoms with Gasteiger partial charge in [-0.25, -0.2) is 0 Å². The predicted molar refractivity (Wildman–Crippen MR) is 124 cm³/mol. The highest BCUT2D eigenvalue weighted by atomic mass is 14.9. The molecule has 29 heavy (non-hydrogen) atoms. The van der Waals surface area contributed by atoms with E-state index in [0.29, 0.717) is 0 Å². The minimum Gasteiger partial charge on any atom is -0.344 e. The van der Waals surface area contributed by atoms with E-state index >= 15 is 0 Å². The topological polar surface area (TPSA) is 9.86 Å². The smallest absolute Gasteiger partial charge is 0.0488 e. The molecule has 2 heteroatoms. The second-order valence-corrected chi connectivity index (χ2v) is 8.03. The van der Waals surface area contributed by atoms with Gasteiger partial charge in [-0.2, -0.15) is 0 Å². The number of rotatable bonds is 2. The summed E-state index contributed by atoms with van der Waals surface area (Å²) in [7, 11) is 4.30. The molecule has 0 radical (unpaired) electrons. The van der Waals surface area contributed by atoms with Gasteiger partial charge in [-0.1, -0.05) is 48.5 Å². The molecule has 0 saturated heterocycles. The highest BCUT2D eigenvalue weighted by Crippen LogP contribution is 2.31. The number of para-hydroxylation sites is 2. The normalized spacial score (nSPS) is 11.9. The van der Waals surface area contributed by atoms with Crippen LogP contribution in [-0.2, 0) is 20.5 Å². The monoisotopic (exact) mass is 374 g/mol. The number of nitrogens with zero attached hydrogens (tertiary/aromatic N) is 2. The van der Waals surface area contributed by atoms with Gasteiger partial charge in [0.1, 0.15) is 0 Å². The van der Waals surface area contributed by atoms with Gasteiger partial charge in [0, 0.05) is 57.7 Å². The fourth-order valence-electron chi connectivity index (χ4n) is 4.89. The van der Waals surface area contributed by atoms with E-state index in [1.807, 2.05) is 0 Å². The van der Waals surface area contributed by atoms with Gasteiger partial charge in [0.15, 0.2) is 0 Å². The number of aryl methyl sites for hydroxylation is 2. The van der Waals surface area contributed by atoms with Crippen LogP contribution >= 0.6 is 0 Å². The summed E-state index contributed by atoms with van der Waals surface area (Å²) in [5.74, 6) is 0. The van der Waals surface area contributed by atoms with Crippen LogP contribution in [0.4, 0.5) is 0 Å². The summed E-state index contributed by atoms with van der Waals surface area (Å²) in [4.78, 5) is 0. The van der Waals surface area contributed by atoms with Crippen molar-refractivity contribution < 1.29 is 0 Å². The second kappa shape index (κ2) is 5.99. The van der Waals surface area contributed by atoms with E-state index in [-0.39, 0.29) is 0 Å². The van der Waals surface area contributed by atoms with E-state index in [1.54, 1.807) is 0 Å². The van der Waals surface area contributed by atoms with Gasteiger partial charge in [0.25, 0.3) is 0 Å². The molecule has 0 aliphatic carbocycles. The fourth-order valence-corrected chi connectivity index (χ4v) is 4.89. The van der Waals surface area contributed by atoms with Crippen molar-refractivity contribution in [2.75, 3.05) is 0 Å². The Bertz CT molecular complexity index is 1430. The van der Waals surface area contributed by atoms with Crippen LogP contribution < -0.4 is 0 Å². The van der Waals surface area contributed by atoms with Gasteiger partial charge < -0.3 is 9.13 Å². The Hall–Kier alpha value is -3.52. The summed E-state index contributed by atoms with van der Waals surface area (Å²) < 4.78 is 4.58.